The summed E-state index contributed by atoms with van der Waals surface area (Å²) in [7, 11) is 0. The molecule has 1 aliphatic rings. The van der Waals surface area contributed by atoms with E-state index in [0.717, 1.165) is 12.0 Å². The zero-order valence-corrected chi connectivity index (χ0v) is 11.9. The van der Waals surface area contributed by atoms with Gasteiger partial charge in [-0.2, -0.15) is 5.26 Å². The Balaban J connectivity index is 2.01. The van der Waals surface area contributed by atoms with Gasteiger partial charge in [0.05, 0.1) is 29.5 Å². The number of carbonyl (C=O) groups excluding carboxylic acids is 1. The highest BCUT2D eigenvalue weighted by Crippen LogP contribution is 2.32. The number of aliphatic carboxylic acids is 1. The molecule has 0 aromatic heterocycles. The zero-order valence-electron chi connectivity index (χ0n) is 11.9. The lowest BCUT2D eigenvalue weighted by Gasteiger charge is -2.20. The molecule has 0 spiro atoms. The van der Waals surface area contributed by atoms with Crippen LogP contribution in [0, 0.1) is 23.2 Å². The Hall–Kier alpha value is -2.35. The van der Waals surface area contributed by atoms with Gasteiger partial charge in [-0.25, -0.2) is 0 Å². The third-order valence-corrected chi connectivity index (χ3v) is 4.07. The van der Waals surface area contributed by atoms with Gasteiger partial charge in [0.1, 0.15) is 0 Å². The maximum absolute atomic E-state index is 12.2. The van der Waals surface area contributed by atoms with Crippen LogP contribution in [0.5, 0.6) is 0 Å². The Morgan fingerprint density at radius 2 is 1.90 bits per heavy atom. The standard InChI is InChI=1S/C16H18N2O3/c1-10(12-7-5-11(9-17)6-8-12)18-15(19)13-3-2-4-14(13)16(20)21/h5-8,10,13-14H,2-4H2,1H3,(H,18,19)(H,20,21)/t10?,13-,14+/m1/s1. The number of nitriles is 1. The van der Waals surface area contributed by atoms with Gasteiger partial charge < -0.3 is 10.4 Å². The number of benzene rings is 1. The quantitative estimate of drug-likeness (QED) is 0.888. The molecule has 1 saturated carbocycles. The van der Waals surface area contributed by atoms with Crippen molar-refractivity contribution < 1.29 is 14.7 Å². The molecule has 1 unspecified atom stereocenters. The fourth-order valence-corrected chi connectivity index (χ4v) is 2.82. The summed E-state index contributed by atoms with van der Waals surface area (Å²) in [5.41, 5.74) is 1.46. The highest BCUT2D eigenvalue weighted by molar-refractivity contribution is 5.85. The molecule has 0 bridgehead atoms. The molecule has 1 aliphatic carbocycles. The van der Waals surface area contributed by atoms with E-state index in [9.17, 15) is 9.59 Å². The van der Waals surface area contributed by atoms with Gasteiger partial charge in [-0.1, -0.05) is 18.6 Å². The molecule has 2 rings (SSSR count). The van der Waals surface area contributed by atoms with Crippen molar-refractivity contribution in [3.05, 3.63) is 35.4 Å². The first kappa shape index (κ1) is 15.0. The largest absolute Gasteiger partial charge is 0.481 e. The van der Waals surface area contributed by atoms with E-state index in [0.29, 0.717) is 18.4 Å². The maximum atomic E-state index is 12.2. The molecule has 1 aromatic carbocycles. The van der Waals surface area contributed by atoms with E-state index < -0.39 is 17.8 Å². The van der Waals surface area contributed by atoms with Crippen LogP contribution in [0.2, 0.25) is 0 Å². The lowest BCUT2D eigenvalue weighted by Crippen LogP contribution is -2.36. The molecule has 0 aliphatic heterocycles. The first-order chi connectivity index (χ1) is 10.0. The van der Waals surface area contributed by atoms with Gasteiger partial charge >= 0.3 is 5.97 Å². The Bertz CT molecular complexity index is 574. The third-order valence-electron chi connectivity index (χ3n) is 4.07. The molecule has 1 amide bonds. The van der Waals surface area contributed by atoms with Crippen LogP contribution in [-0.2, 0) is 9.59 Å². The Morgan fingerprint density at radius 3 is 2.48 bits per heavy atom. The third kappa shape index (κ3) is 3.40. The lowest BCUT2D eigenvalue weighted by atomic mass is 9.94. The topological polar surface area (TPSA) is 90.2 Å². The minimum Gasteiger partial charge on any atom is -0.481 e. The summed E-state index contributed by atoms with van der Waals surface area (Å²) in [6.07, 6.45) is 1.97. The summed E-state index contributed by atoms with van der Waals surface area (Å²) in [4.78, 5) is 23.4. The molecule has 2 N–H and O–H groups in total. The molecule has 5 nitrogen and oxygen atoms in total. The zero-order chi connectivity index (χ0) is 15.4. The second kappa shape index (κ2) is 6.40. The molecule has 0 radical (unpaired) electrons. The van der Waals surface area contributed by atoms with Crippen LogP contribution >= 0.6 is 0 Å². The average Bonchev–Trinajstić information content (AvgIpc) is 2.97. The first-order valence-electron chi connectivity index (χ1n) is 7.06. The fourth-order valence-electron chi connectivity index (χ4n) is 2.82. The molecule has 1 aromatic rings. The normalized spacial score (nSPS) is 22.3. The fraction of sp³-hybridized carbons (Fsp3) is 0.438. The van der Waals surface area contributed by atoms with Crippen molar-refractivity contribution in [2.75, 3.05) is 0 Å². The van der Waals surface area contributed by atoms with Crippen LogP contribution in [-0.4, -0.2) is 17.0 Å². The van der Waals surface area contributed by atoms with Crippen LogP contribution < -0.4 is 5.32 Å². The second-order valence-corrected chi connectivity index (χ2v) is 5.45. The van der Waals surface area contributed by atoms with E-state index in [2.05, 4.69) is 5.32 Å². The van der Waals surface area contributed by atoms with E-state index in [4.69, 9.17) is 10.4 Å². The number of carbonyl (C=O) groups is 2. The molecule has 3 atom stereocenters. The van der Waals surface area contributed by atoms with E-state index in [1.54, 1.807) is 24.3 Å². The first-order valence-corrected chi connectivity index (χ1v) is 7.06. The average molecular weight is 286 g/mol. The van der Waals surface area contributed by atoms with E-state index in [-0.39, 0.29) is 11.9 Å². The SMILES string of the molecule is CC(NC(=O)[C@@H]1CCC[C@@H]1C(=O)O)c1ccc(C#N)cc1. The van der Waals surface area contributed by atoms with Gasteiger partial charge in [0.25, 0.3) is 0 Å². The summed E-state index contributed by atoms with van der Waals surface area (Å²) in [6.45, 7) is 1.85. The van der Waals surface area contributed by atoms with E-state index >= 15 is 0 Å². The Morgan fingerprint density at radius 1 is 1.29 bits per heavy atom. The Kier molecular flexibility index (Phi) is 4.59. The van der Waals surface area contributed by atoms with Crippen LogP contribution in [0.25, 0.3) is 0 Å². The van der Waals surface area contributed by atoms with Crippen LogP contribution in [0.15, 0.2) is 24.3 Å². The lowest BCUT2D eigenvalue weighted by molar-refractivity contribution is -0.146. The predicted molar refractivity (Wildman–Crippen MR) is 76.2 cm³/mol. The minimum absolute atomic E-state index is 0.197. The highest BCUT2D eigenvalue weighted by Gasteiger charge is 2.38. The number of carboxylic acid groups (broad SMARTS) is 1. The number of hydrogen-bond acceptors (Lipinski definition) is 3. The van der Waals surface area contributed by atoms with Crippen LogP contribution in [0.1, 0.15) is 43.4 Å². The van der Waals surface area contributed by atoms with Crippen LogP contribution in [0.3, 0.4) is 0 Å². The number of carboxylic acids is 1. The van der Waals surface area contributed by atoms with Crippen molar-refractivity contribution in [2.24, 2.45) is 11.8 Å². The van der Waals surface area contributed by atoms with Crippen molar-refractivity contribution in [1.29, 1.82) is 5.26 Å². The van der Waals surface area contributed by atoms with Crippen molar-refractivity contribution >= 4 is 11.9 Å². The molecular formula is C16H18N2O3. The van der Waals surface area contributed by atoms with Gasteiger partial charge in [-0.15, -0.1) is 0 Å². The summed E-state index contributed by atoms with van der Waals surface area (Å²) < 4.78 is 0. The van der Waals surface area contributed by atoms with Crippen molar-refractivity contribution in [2.45, 2.75) is 32.2 Å². The summed E-state index contributed by atoms with van der Waals surface area (Å²) >= 11 is 0. The molecule has 0 saturated heterocycles. The number of amides is 1. The van der Waals surface area contributed by atoms with Gasteiger partial charge in [0.15, 0.2) is 0 Å². The molecular weight excluding hydrogens is 268 g/mol. The van der Waals surface area contributed by atoms with E-state index in [1.165, 1.54) is 0 Å². The van der Waals surface area contributed by atoms with Gasteiger partial charge in [-0.3, -0.25) is 9.59 Å². The maximum Gasteiger partial charge on any atom is 0.307 e. The van der Waals surface area contributed by atoms with Crippen molar-refractivity contribution in [1.82, 2.24) is 5.32 Å². The second-order valence-electron chi connectivity index (χ2n) is 5.45. The molecule has 110 valence electrons. The number of hydrogen-bond donors (Lipinski definition) is 2. The number of nitrogens with one attached hydrogen (secondary N) is 1. The summed E-state index contributed by atoms with van der Waals surface area (Å²) in [6, 6.07) is 8.84. The summed E-state index contributed by atoms with van der Waals surface area (Å²) in [5.74, 6) is -2.10. The van der Waals surface area contributed by atoms with Gasteiger partial charge in [0.2, 0.25) is 5.91 Å². The van der Waals surface area contributed by atoms with Gasteiger partial charge in [0, 0.05) is 0 Å². The molecule has 1 fully saturated rings. The van der Waals surface area contributed by atoms with Gasteiger partial charge in [-0.05, 0) is 37.5 Å². The number of nitrogens with zero attached hydrogens (tertiary/aromatic N) is 1. The molecule has 0 heterocycles. The molecule has 5 heteroatoms. The smallest absolute Gasteiger partial charge is 0.307 e. The van der Waals surface area contributed by atoms with E-state index in [1.807, 2.05) is 13.0 Å². The minimum atomic E-state index is -0.890. The predicted octanol–water partition coefficient (Wildman–Crippen LogP) is 2.24. The highest BCUT2D eigenvalue weighted by atomic mass is 16.4. The summed E-state index contributed by atoms with van der Waals surface area (Å²) in [5, 5.41) is 20.8. The monoisotopic (exact) mass is 286 g/mol. The Labute approximate surface area is 123 Å². The van der Waals surface area contributed by atoms with Crippen LogP contribution in [0.4, 0.5) is 0 Å². The van der Waals surface area contributed by atoms with Crippen molar-refractivity contribution in [3.63, 3.8) is 0 Å². The number of rotatable bonds is 4. The van der Waals surface area contributed by atoms with Crippen molar-refractivity contribution in [3.8, 4) is 6.07 Å². The molecule has 21 heavy (non-hydrogen) atoms.